The minimum atomic E-state index is -4.97. The zero-order valence-corrected chi connectivity index (χ0v) is 11.2. The molecule has 0 fully saturated rings. The summed E-state index contributed by atoms with van der Waals surface area (Å²) in [5.41, 5.74) is 0.717. The third-order valence-electron chi connectivity index (χ3n) is 2.76. The Hall–Kier alpha value is -2.31. The second-order valence-electron chi connectivity index (χ2n) is 4.35. The number of halogens is 3. The maximum atomic E-state index is 12.2. The summed E-state index contributed by atoms with van der Waals surface area (Å²) in [5.74, 6) is -3.23. The van der Waals surface area contributed by atoms with Crippen LogP contribution in [0.3, 0.4) is 0 Å². The van der Waals surface area contributed by atoms with Gasteiger partial charge in [-0.1, -0.05) is 30.3 Å². The first-order valence-corrected chi connectivity index (χ1v) is 6.03. The summed E-state index contributed by atoms with van der Waals surface area (Å²) in [5, 5.41) is 8.97. The molecule has 1 aromatic carbocycles. The molecule has 1 atom stereocenters. The second kappa shape index (κ2) is 6.92. The van der Waals surface area contributed by atoms with E-state index in [1.165, 1.54) is 6.92 Å². The van der Waals surface area contributed by atoms with E-state index in [1.54, 1.807) is 30.3 Å². The molecule has 0 saturated carbocycles. The van der Waals surface area contributed by atoms with Gasteiger partial charge < -0.3 is 10.0 Å². The van der Waals surface area contributed by atoms with Crippen molar-refractivity contribution in [1.29, 1.82) is 0 Å². The summed E-state index contributed by atoms with van der Waals surface area (Å²) in [6.07, 6.45) is -3.77. The number of aliphatic carboxylic acids is 1. The molecule has 1 N–H and O–H groups in total. The van der Waals surface area contributed by atoms with Gasteiger partial charge in [0.25, 0.3) is 5.78 Å². The SMILES string of the molecule is CC(C(=O)O)N(/C=C/C(=O)C(F)(F)F)Cc1ccccc1. The number of benzene rings is 1. The monoisotopic (exact) mass is 301 g/mol. The van der Waals surface area contributed by atoms with Crippen molar-refractivity contribution in [3.8, 4) is 0 Å². The molecule has 1 unspecified atom stereocenters. The maximum absolute atomic E-state index is 12.2. The van der Waals surface area contributed by atoms with Gasteiger partial charge in [0.1, 0.15) is 6.04 Å². The fourth-order valence-electron chi connectivity index (χ4n) is 1.51. The Balaban J connectivity index is 2.91. The second-order valence-corrected chi connectivity index (χ2v) is 4.35. The maximum Gasteiger partial charge on any atom is 0.454 e. The molecule has 0 heterocycles. The highest BCUT2D eigenvalue weighted by Crippen LogP contribution is 2.17. The molecule has 0 aromatic heterocycles. The average molecular weight is 301 g/mol. The summed E-state index contributed by atoms with van der Waals surface area (Å²) < 4.78 is 36.5. The first-order chi connectivity index (χ1) is 9.71. The fraction of sp³-hybridized carbons (Fsp3) is 0.286. The van der Waals surface area contributed by atoms with Gasteiger partial charge in [0.15, 0.2) is 0 Å². The lowest BCUT2D eigenvalue weighted by Crippen LogP contribution is -2.35. The van der Waals surface area contributed by atoms with E-state index in [9.17, 15) is 22.8 Å². The lowest BCUT2D eigenvalue weighted by atomic mass is 10.2. The molecule has 7 heteroatoms. The third-order valence-corrected chi connectivity index (χ3v) is 2.76. The van der Waals surface area contributed by atoms with Crippen molar-refractivity contribution in [3.63, 3.8) is 0 Å². The molecule has 0 aliphatic heterocycles. The van der Waals surface area contributed by atoms with Crippen LogP contribution >= 0.6 is 0 Å². The summed E-state index contributed by atoms with van der Waals surface area (Å²) in [6.45, 7) is 1.41. The number of carboxylic acids is 1. The molecule has 114 valence electrons. The highest BCUT2D eigenvalue weighted by atomic mass is 19.4. The van der Waals surface area contributed by atoms with Crippen LogP contribution in [0.1, 0.15) is 12.5 Å². The van der Waals surface area contributed by atoms with Crippen molar-refractivity contribution in [2.45, 2.75) is 25.7 Å². The van der Waals surface area contributed by atoms with E-state index in [-0.39, 0.29) is 6.54 Å². The van der Waals surface area contributed by atoms with Crippen LogP contribution in [0.4, 0.5) is 13.2 Å². The smallest absolute Gasteiger partial charge is 0.454 e. The molecule has 1 aromatic rings. The summed E-state index contributed by atoms with van der Waals surface area (Å²) in [6, 6.07) is 7.56. The largest absolute Gasteiger partial charge is 0.480 e. The van der Waals surface area contributed by atoms with E-state index >= 15 is 0 Å². The van der Waals surface area contributed by atoms with Crippen LogP contribution in [-0.4, -0.2) is 34.0 Å². The van der Waals surface area contributed by atoms with Gasteiger partial charge in [-0.3, -0.25) is 4.79 Å². The number of allylic oxidation sites excluding steroid dienone is 1. The van der Waals surface area contributed by atoms with Crippen LogP contribution in [0.25, 0.3) is 0 Å². The number of nitrogens with zero attached hydrogens (tertiary/aromatic N) is 1. The lowest BCUT2D eigenvalue weighted by molar-refractivity contribution is -0.165. The van der Waals surface area contributed by atoms with Crippen LogP contribution < -0.4 is 0 Å². The summed E-state index contributed by atoms with van der Waals surface area (Å²) in [7, 11) is 0. The molecule has 0 spiro atoms. The molecular formula is C14H14F3NO3. The molecule has 4 nitrogen and oxygen atoms in total. The molecule has 0 aliphatic carbocycles. The number of carbonyl (C=O) groups excluding carboxylic acids is 1. The molecular weight excluding hydrogens is 287 g/mol. The number of ketones is 1. The van der Waals surface area contributed by atoms with Gasteiger partial charge in [0.05, 0.1) is 0 Å². The predicted octanol–water partition coefficient (Wildman–Crippen LogP) is 2.61. The van der Waals surface area contributed by atoms with Crippen molar-refractivity contribution >= 4 is 11.8 Å². The summed E-state index contributed by atoms with van der Waals surface area (Å²) >= 11 is 0. The lowest BCUT2D eigenvalue weighted by Gasteiger charge is -2.24. The van der Waals surface area contributed by atoms with Gasteiger partial charge >= 0.3 is 12.1 Å². The molecule has 0 amide bonds. The standard InChI is InChI=1S/C14H14F3NO3/c1-10(13(20)21)18(8-7-12(19)14(15,16)17)9-11-5-3-2-4-6-11/h2-8,10H,9H2,1H3,(H,20,21)/b8-7+. The normalized spacial score (nSPS) is 13.1. The van der Waals surface area contributed by atoms with E-state index in [0.717, 1.165) is 16.7 Å². The quantitative estimate of drug-likeness (QED) is 0.821. The Morgan fingerprint density at radius 3 is 2.33 bits per heavy atom. The van der Waals surface area contributed by atoms with Crippen LogP contribution in [0.2, 0.25) is 0 Å². The van der Waals surface area contributed by atoms with Crippen molar-refractivity contribution in [1.82, 2.24) is 4.90 Å². The first-order valence-electron chi connectivity index (χ1n) is 6.03. The number of carbonyl (C=O) groups is 2. The number of hydrogen-bond acceptors (Lipinski definition) is 3. The van der Waals surface area contributed by atoms with Crippen LogP contribution in [0.15, 0.2) is 42.6 Å². The zero-order valence-electron chi connectivity index (χ0n) is 11.2. The Kier molecular flexibility index (Phi) is 5.52. The summed E-state index contributed by atoms with van der Waals surface area (Å²) in [4.78, 5) is 23.0. The van der Waals surface area contributed by atoms with Crippen molar-refractivity contribution < 1.29 is 27.9 Å². The topological polar surface area (TPSA) is 57.6 Å². The fourth-order valence-corrected chi connectivity index (χ4v) is 1.51. The first kappa shape index (κ1) is 16.7. The van der Waals surface area contributed by atoms with Gasteiger partial charge in [0, 0.05) is 18.8 Å². The average Bonchev–Trinajstić information content (AvgIpc) is 2.42. The van der Waals surface area contributed by atoms with Crippen molar-refractivity contribution in [2.75, 3.05) is 0 Å². The van der Waals surface area contributed by atoms with Gasteiger partial charge in [0.2, 0.25) is 0 Å². The molecule has 0 aliphatic rings. The highest BCUT2D eigenvalue weighted by Gasteiger charge is 2.36. The number of carboxylic acid groups (broad SMARTS) is 1. The molecule has 0 radical (unpaired) electrons. The molecule has 0 bridgehead atoms. The van der Waals surface area contributed by atoms with E-state index in [2.05, 4.69) is 0 Å². The van der Waals surface area contributed by atoms with E-state index in [0.29, 0.717) is 6.08 Å². The van der Waals surface area contributed by atoms with E-state index in [4.69, 9.17) is 5.11 Å². The van der Waals surface area contributed by atoms with Crippen LogP contribution in [0.5, 0.6) is 0 Å². The Bertz CT molecular complexity index is 526. The minimum absolute atomic E-state index is 0.0793. The van der Waals surface area contributed by atoms with Crippen molar-refractivity contribution in [3.05, 3.63) is 48.2 Å². The highest BCUT2D eigenvalue weighted by molar-refractivity contribution is 5.94. The Morgan fingerprint density at radius 2 is 1.86 bits per heavy atom. The van der Waals surface area contributed by atoms with Gasteiger partial charge in [-0.25, -0.2) is 4.79 Å². The van der Waals surface area contributed by atoms with Crippen LogP contribution in [-0.2, 0) is 16.1 Å². The number of hydrogen-bond donors (Lipinski definition) is 1. The van der Waals surface area contributed by atoms with Gasteiger partial charge in [-0.2, -0.15) is 13.2 Å². The van der Waals surface area contributed by atoms with Crippen LogP contribution in [0, 0.1) is 0 Å². The minimum Gasteiger partial charge on any atom is -0.480 e. The molecule has 1 rings (SSSR count). The number of alkyl halides is 3. The zero-order chi connectivity index (χ0) is 16.0. The third kappa shape index (κ3) is 5.29. The van der Waals surface area contributed by atoms with Crippen molar-refractivity contribution in [2.24, 2.45) is 0 Å². The van der Waals surface area contributed by atoms with Gasteiger partial charge in [-0.05, 0) is 12.5 Å². The molecule has 21 heavy (non-hydrogen) atoms. The Morgan fingerprint density at radius 1 is 1.29 bits per heavy atom. The van der Waals surface area contributed by atoms with E-state index < -0.39 is 24.0 Å². The molecule has 0 saturated heterocycles. The predicted molar refractivity (Wildman–Crippen MR) is 69.3 cm³/mol. The Labute approximate surface area is 119 Å². The number of rotatable bonds is 6. The van der Waals surface area contributed by atoms with E-state index in [1.807, 2.05) is 0 Å². The van der Waals surface area contributed by atoms with Gasteiger partial charge in [-0.15, -0.1) is 0 Å².